The number of carbonyl (C=O) groups excluding carboxylic acids is 3. The highest BCUT2D eigenvalue weighted by atomic mass is 32.2. The number of aryl methyl sites for hydroxylation is 1. The molecule has 0 unspecified atom stereocenters. The van der Waals surface area contributed by atoms with Crippen LogP contribution in [0.4, 0.5) is 4.79 Å². The first kappa shape index (κ1) is 14.3. The van der Waals surface area contributed by atoms with Crippen LogP contribution in [0.2, 0.25) is 0 Å². The number of carboxylic acid groups (broad SMARTS) is 1. The molecule has 0 spiro atoms. The van der Waals surface area contributed by atoms with Gasteiger partial charge in [-0.15, -0.1) is 0 Å². The van der Waals surface area contributed by atoms with E-state index in [9.17, 15) is 19.5 Å². The summed E-state index contributed by atoms with van der Waals surface area (Å²) in [7, 11) is 0. The highest BCUT2D eigenvalue weighted by Crippen LogP contribution is 2.32. The summed E-state index contributed by atoms with van der Waals surface area (Å²) < 4.78 is 0. The fraction of sp³-hybridized carbons (Fsp3) is 0.214. The fourth-order valence-corrected chi connectivity index (χ4v) is 2.57. The van der Waals surface area contributed by atoms with Crippen LogP contribution in [0.3, 0.4) is 0 Å². The molecule has 104 valence electrons. The van der Waals surface area contributed by atoms with Gasteiger partial charge in [0.15, 0.2) is 0 Å². The molecule has 2 rings (SSSR count). The lowest BCUT2D eigenvalue weighted by Gasteiger charge is -2.12. The van der Waals surface area contributed by atoms with Gasteiger partial charge in [-0.1, -0.05) is 29.8 Å². The van der Waals surface area contributed by atoms with Crippen molar-refractivity contribution in [1.82, 2.24) is 4.90 Å². The zero-order valence-corrected chi connectivity index (χ0v) is 11.6. The van der Waals surface area contributed by atoms with E-state index in [2.05, 4.69) is 0 Å². The average molecular weight is 290 g/mol. The van der Waals surface area contributed by atoms with E-state index in [0.29, 0.717) is 4.91 Å². The van der Waals surface area contributed by atoms with Gasteiger partial charge >= 0.3 is 0 Å². The van der Waals surface area contributed by atoms with Crippen molar-refractivity contribution in [2.45, 2.75) is 13.3 Å². The second kappa shape index (κ2) is 5.92. The lowest BCUT2D eigenvalue weighted by atomic mass is 10.1. The number of imide groups is 1. The van der Waals surface area contributed by atoms with E-state index in [-0.39, 0.29) is 13.0 Å². The predicted octanol–water partition coefficient (Wildman–Crippen LogP) is 1.17. The van der Waals surface area contributed by atoms with Crippen LogP contribution in [-0.2, 0) is 9.59 Å². The number of hydrogen-bond donors (Lipinski definition) is 0. The van der Waals surface area contributed by atoms with Crippen LogP contribution in [-0.4, -0.2) is 28.6 Å². The Hall–Kier alpha value is -2.08. The molecule has 1 heterocycles. The average Bonchev–Trinajstić information content (AvgIpc) is 2.65. The Balaban J connectivity index is 2.14. The van der Waals surface area contributed by atoms with Crippen molar-refractivity contribution in [2.24, 2.45) is 0 Å². The van der Waals surface area contributed by atoms with E-state index in [0.717, 1.165) is 27.8 Å². The lowest BCUT2D eigenvalue weighted by molar-refractivity contribution is -0.305. The summed E-state index contributed by atoms with van der Waals surface area (Å²) in [4.78, 5) is 35.3. The second-order valence-electron chi connectivity index (χ2n) is 4.37. The molecule has 1 aromatic carbocycles. The summed E-state index contributed by atoms with van der Waals surface area (Å²) in [6.45, 7) is 1.80. The maximum Gasteiger partial charge on any atom is 0.293 e. The first-order chi connectivity index (χ1) is 9.47. The zero-order valence-electron chi connectivity index (χ0n) is 10.8. The fourth-order valence-electron chi connectivity index (χ4n) is 1.71. The number of carboxylic acids is 1. The number of thioether (sulfide) groups is 1. The van der Waals surface area contributed by atoms with Gasteiger partial charge in [-0.2, -0.15) is 0 Å². The molecule has 5 nitrogen and oxygen atoms in total. The van der Waals surface area contributed by atoms with Crippen molar-refractivity contribution >= 4 is 35.0 Å². The summed E-state index contributed by atoms with van der Waals surface area (Å²) in [5.74, 6) is -1.74. The molecule has 1 saturated heterocycles. The van der Waals surface area contributed by atoms with E-state index in [4.69, 9.17) is 0 Å². The van der Waals surface area contributed by atoms with Crippen LogP contribution in [0.15, 0.2) is 29.2 Å². The molecule has 2 amide bonds. The molecule has 1 aliphatic heterocycles. The van der Waals surface area contributed by atoms with Crippen molar-refractivity contribution in [3.8, 4) is 0 Å². The molecule has 1 aliphatic rings. The monoisotopic (exact) mass is 290 g/mol. The smallest absolute Gasteiger partial charge is 0.293 e. The Kier molecular flexibility index (Phi) is 4.24. The quantitative estimate of drug-likeness (QED) is 0.778. The topological polar surface area (TPSA) is 77.5 Å². The molecule has 1 aromatic rings. The first-order valence-electron chi connectivity index (χ1n) is 5.99. The van der Waals surface area contributed by atoms with E-state index in [1.54, 1.807) is 6.08 Å². The summed E-state index contributed by atoms with van der Waals surface area (Å²) in [5.41, 5.74) is 1.92. The molecular formula is C14H12NO4S-. The third-order valence-electron chi connectivity index (χ3n) is 2.79. The van der Waals surface area contributed by atoms with E-state index in [1.807, 2.05) is 31.2 Å². The second-order valence-corrected chi connectivity index (χ2v) is 5.36. The van der Waals surface area contributed by atoms with Gasteiger partial charge in [-0.3, -0.25) is 14.5 Å². The Morgan fingerprint density at radius 3 is 2.55 bits per heavy atom. The van der Waals surface area contributed by atoms with E-state index < -0.39 is 17.1 Å². The maximum atomic E-state index is 12.0. The molecule has 0 saturated carbocycles. The number of carbonyl (C=O) groups is 3. The molecule has 20 heavy (non-hydrogen) atoms. The Labute approximate surface area is 120 Å². The van der Waals surface area contributed by atoms with Crippen LogP contribution in [0.25, 0.3) is 6.08 Å². The molecule has 0 radical (unpaired) electrons. The van der Waals surface area contributed by atoms with Gasteiger partial charge < -0.3 is 9.90 Å². The molecule has 1 fully saturated rings. The SMILES string of the molecule is Cc1ccc(/C=C2/SC(=O)N(CCC(=O)[O-])C2=O)cc1. The highest BCUT2D eigenvalue weighted by molar-refractivity contribution is 8.18. The van der Waals surface area contributed by atoms with Gasteiger partial charge in [0, 0.05) is 18.9 Å². The zero-order chi connectivity index (χ0) is 14.7. The van der Waals surface area contributed by atoms with Crippen molar-refractivity contribution in [2.75, 3.05) is 6.54 Å². The molecule has 0 aliphatic carbocycles. The lowest BCUT2D eigenvalue weighted by Crippen LogP contribution is -2.33. The number of rotatable bonds is 4. The van der Waals surface area contributed by atoms with Gasteiger partial charge in [0.2, 0.25) is 0 Å². The number of benzene rings is 1. The Bertz CT molecular complexity index is 592. The minimum atomic E-state index is -1.29. The van der Waals surface area contributed by atoms with Crippen LogP contribution < -0.4 is 5.11 Å². The molecule has 0 bridgehead atoms. The van der Waals surface area contributed by atoms with Crippen molar-refractivity contribution < 1.29 is 19.5 Å². The van der Waals surface area contributed by atoms with Crippen molar-refractivity contribution in [3.05, 3.63) is 40.3 Å². The standard InChI is InChI=1S/C14H13NO4S/c1-9-2-4-10(5-3-9)8-11-13(18)15(14(19)20-11)7-6-12(16)17/h2-5,8H,6-7H2,1H3,(H,16,17)/p-1/b11-8+. The third kappa shape index (κ3) is 3.27. The van der Waals surface area contributed by atoms with Gasteiger partial charge in [-0.25, -0.2) is 0 Å². The first-order valence-corrected chi connectivity index (χ1v) is 6.81. The van der Waals surface area contributed by atoms with E-state index >= 15 is 0 Å². The van der Waals surface area contributed by atoms with Crippen molar-refractivity contribution in [1.29, 1.82) is 0 Å². The van der Waals surface area contributed by atoms with Crippen LogP contribution in [0, 0.1) is 6.92 Å². The number of aliphatic carboxylic acids is 1. The van der Waals surface area contributed by atoms with Gasteiger partial charge in [0.1, 0.15) is 0 Å². The largest absolute Gasteiger partial charge is 0.550 e. The van der Waals surface area contributed by atoms with Crippen LogP contribution in [0.1, 0.15) is 17.5 Å². The number of amides is 2. The third-order valence-corrected chi connectivity index (χ3v) is 3.70. The van der Waals surface area contributed by atoms with Gasteiger partial charge in [0.05, 0.1) is 4.91 Å². The summed E-state index contributed by atoms with van der Waals surface area (Å²) in [5, 5.41) is 9.94. The number of hydrogen-bond acceptors (Lipinski definition) is 5. The number of nitrogens with zero attached hydrogens (tertiary/aromatic N) is 1. The highest BCUT2D eigenvalue weighted by Gasteiger charge is 2.34. The summed E-state index contributed by atoms with van der Waals surface area (Å²) in [6, 6.07) is 7.52. The van der Waals surface area contributed by atoms with Gasteiger partial charge in [-0.05, 0) is 30.3 Å². The predicted molar refractivity (Wildman–Crippen MR) is 73.5 cm³/mol. The molecular weight excluding hydrogens is 278 g/mol. The van der Waals surface area contributed by atoms with Crippen LogP contribution in [0.5, 0.6) is 0 Å². The Morgan fingerprint density at radius 2 is 1.95 bits per heavy atom. The summed E-state index contributed by atoms with van der Waals surface area (Å²) >= 11 is 0.818. The Morgan fingerprint density at radius 1 is 1.30 bits per heavy atom. The van der Waals surface area contributed by atoms with Crippen molar-refractivity contribution in [3.63, 3.8) is 0 Å². The van der Waals surface area contributed by atoms with E-state index in [1.165, 1.54) is 0 Å². The van der Waals surface area contributed by atoms with Crippen LogP contribution >= 0.6 is 11.8 Å². The summed E-state index contributed by atoms with van der Waals surface area (Å²) in [6.07, 6.45) is 1.28. The minimum Gasteiger partial charge on any atom is -0.550 e. The molecule has 0 atom stereocenters. The molecule has 6 heteroatoms. The minimum absolute atomic E-state index is 0.155. The van der Waals surface area contributed by atoms with Gasteiger partial charge in [0.25, 0.3) is 11.1 Å². The maximum absolute atomic E-state index is 12.0. The normalized spacial score (nSPS) is 17.1. The molecule has 0 aromatic heterocycles. The molecule has 0 N–H and O–H groups in total.